The summed E-state index contributed by atoms with van der Waals surface area (Å²) in [5.41, 5.74) is 1.17. The Bertz CT molecular complexity index is 452. The minimum Gasteiger partial charge on any atom is -0.375 e. The van der Waals surface area contributed by atoms with Crippen molar-refractivity contribution in [3.8, 4) is 0 Å². The maximum absolute atomic E-state index is 11.8. The highest BCUT2D eigenvalue weighted by molar-refractivity contribution is 5.78. The number of hydrogen-bond acceptors (Lipinski definition) is 4. The van der Waals surface area contributed by atoms with Crippen LogP contribution in [0.15, 0.2) is 30.3 Å². The molecule has 2 aliphatic rings. The maximum atomic E-state index is 11.8. The van der Waals surface area contributed by atoms with Gasteiger partial charge in [0.15, 0.2) is 0 Å². The van der Waals surface area contributed by atoms with Crippen LogP contribution in [0.1, 0.15) is 5.56 Å². The van der Waals surface area contributed by atoms with Crippen LogP contribution in [0.2, 0.25) is 0 Å². The summed E-state index contributed by atoms with van der Waals surface area (Å²) in [5, 5.41) is 3.43. The van der Waals surface area contributed by atoms with Gasteiger partial charge < -0.3 is 19.7 Å². The molecule has 1 amide bonds. The summed E-state index contributed by atoms with van der Waals surface area (Å²) in [4.78, 5) is 13.7. The molecular weight excluding hydrogens is 256 g/mol. The third-order valence-corrected chi connectivity index (χ3v) is 3.79. The van der Waals surface area contributed by atoms with Gasteiger partial charge in [-0.15, -0.1) is 0 Å². The highest BCUT2D eigenvalue weighted by Crippen LogP contribution is 2.13. The van der Waals surface area contributed by atoms with E-state index >= 15 is 0 Å². The molecule has 2 atom stereocenters. The standard InChI is InChI=1S/C15H20N2O3/c18-15-11-20-10-14-6-16-13(7-17(14)15)9-19-8-12-4-2-1-3-5-12/h1-5,13-14,16H,6-11H2/t13-,14-/m0/s1. The second-order valence-electron chi connectivity index (χ2n) is 5.32. The molecule has 0 radical (unpaired) electrons. The normalized spacial score (nSPS) is 26.4. The summed E-state index contributed by atoms with van der Waals surface area (Å²) >= 11 is 0. The zero-order chi connectivity index (χ0) is 13.8. The van der Waals surface area contributed by atoms with Crippen LogP contribution in [0.5, 0.6) is 0 Å². The molecule has 0 aliphatic carbocycles. The van der Waals surface area contributed by atoms with E-state index in [1.165, 1.54) is 5.56 Å². The summed E-state index contributed by atoms with van der Waals surface area (Å²) in [6.07, 6.45) is 0. The van der Waals surface area contributed by atoms with Gasteiger partial charge in [0.2, 0.25) is 5.91 Å². The van der Waals surface area contributed by atoms with Crippen LogP contribution in [0, 0.1) is 0 Å². The summed E-state index contributed by atoms with van der Waals surface area (Å²) in [6, 6.07) is 10.5. The molecule has 0 spiro atoms. The number of carbonyl (C=O) groups excluding carboxylic acids is 1. The molecule has 2 fully saturated rings. The van der Waals surface area contributed by atoms with Crippen LogP contribution in [-0.2, 0) is 20.9 Å². The van der Waals surface area contributed by atoms with Crippen LogP contribution in [0.4, 0.5) is 0 Å². The van der Waals surface area contributed by atoms with Crippen molar-refractivity contribution in [1.82, 2.24) is 10.2 Å². The number of hydrogen-bond donors (Lipinski definition) is 1. The van der Waals surface area contributed by atoms with E-state index in [4.69, 9.17) is 9.47 Å². The number of rotatable bonds is 4. The summed E-state index contributed by atoms with van der Waals surface area (Å²) < 4.78 is 11.0. The molecule has 3 rings (SSSR count). The molecule has 0 bridgehead atoms. The van der Waals surface area contributed by atoms with Crippen LogP contribution < -0.4 is 5.32 Å². The molecule has 20 heavy (non-hydrogen) atoms. The third-order valence-electron chi connectivity index (χ3n) is 3.79. The Hall–Kier alpha value is -1.43. The molecule has 1 aromatic rings. The third kappa shape index (κ3) is 3.17. The fourth-order valence-corrected chi connectivity index (χ4v) is 2.69. The number of piperazine rings is 1. The number of nitrogens with zero attached hydrogens (tertiary/aromatic N) is 1. The van der Waals surface area contributed by atoms with E-state index in [0.717, 1.165) is 6.54 Å². The summed E-state index contributed by atoms with van der Waals surface area (Å²) in [5.74, 6) is 0.0933. The van der Waals surface area contributed by atoms with Crippen LogP contribution in [0.3, 0.4) is 0 Å². The Morgan fingerprint density at radius 3 is 3.05 bits per heavy atom. The molecule has 0 unspecified atom stereocenters. The topological polar surface area (TPSA) is 50.8 Å². The van der Waals surface area contributed by atoms with Crippen molar-refractivity contribution in [2.24, 2.45) is 0 Å². The fraction of sp³-hybridized carbons (Fsp3) is 0.533. The largest absolute Gasteiger partial charge is 0.375 e. The van der Waals surface area contributed by atoms with Gasteiger partial charge in [0.05, 0.1) is 25.9 Å². The van der Waals surface area contributed by atoms with Crippen molar-refractivity contribution < 1.29 is 14.3 Å². The van der Waals surface area contributed by atoms with Gasteiger partial charge in [-0.25, -0.2) is 0 Å². The average Bonchev–Trinajstić information content (AvgIpc) is 2.49. The van der Waals surface area contributed by atoms with Crippen molar-refractivity contribution in [2.45, 2.75) is 18.7 Å². The Morgan fingerprint density at radius 2 is 2.20 bits per heavy atom. The van der Waals surface area contributed by atoms with Crippen LogP contribution in [0.25, 0.3) is 0 Å². The van der Waals surface area contributed by atoms with Gasteiger partial charge in [0.1, 0.15) is 6.61 Å². The van der Waals surface area contributed by atoms with E-state index in [-0.39, 0.29) is 24.6 Å². The molecule has 1 aromatic carbocycles. The first-order valence-electron chi connectivity index (χ1n) is 7.05. The molecule has 0 saturated carbocycles. The maximum Gasteiger partial charge on any atom is 0.248 e. The van der Waals surface area contributed by atoms with Gasteiger partial charge in [0, 0.05) is 19.1 Å². The van der Waals surface area contributed by atoms with Gasteiger partial charge in [-0.05, 0) is 5.56 Å². The molecule has 5 nitrogen and oxygen atoms in total. The lowest BCUT2D eigenvalue weighted by Crippen LogP contribution is -2.63. The van der Waals surface area contributed by atoms with Gasteiger partial charge >= 0.3 is 0 Å². The molecule has 2 saturated heterocycles. The fourth-order valence-electron chi connectivity index (χ4n) is 2.69. The summed E-state index contributed by atoms with van der Waals surface area (Å²) in [7, 11) is 0. The number of morpholine rings is 1. The van der Waals surface area contributed by atoms with E-state index in [1.807, 2.05) is 23.1 Å². The van der Waals surface area contributed by atoms with E-state index < -0.39 is 0 Å². The second kappa shape index (κ2) is 6.35. The molecule has 0 aromatic heterocycles. The number of fused-ring (bicyclic) bond motifs is 1. The zero-order valence-electron chi connectivity index (χ0n) is 11.5. The highest BCUT2D eigenvalue weighted by Gasteiger charge is 2.34. The second-order valence-corrected chi connectivity index (χ2v) is 5.32. The summed E-state index contributed by atoms with van der Waals surface area (Å²) in [6.45, 7) is 3.57. The van der Waals surface area contributed by atoms with E-state index in [9.17, 15) is 4.79 Å². The zero-order valence-corrected chi connectivity index (χ0v) is 11.5. The average molecular weight is 276 g/mol. The van der Waals surface area contributed by atoms with Gasteiger partial charge in [-0.1, -0.05) is 30.3 Å². The Morgan fingerprint density at radius 1 is 1.35 bits per heavy atom. The predicted octanol–water partition coefficient (Wildman–Crippen LogP) is 0.402. The minimum absolute atomic E-state index is 0.0933. The van der Waals surface area contributed by atoms with Crippen molar-refractivity contribution in [1.29, 1.82) is 0 Å². The van der Waals surface area contributed by atoms with Gasteiger partial charge in [-0.3, -0.25) is 4.79 Å². The van der Waals surface area contributed by atoms with Crippen LogP contribution >= 0.6 is 0 Å². The van der Waals surface area contributed by atoms with Crippen molar-refractivity contribution >= 4 is 5.91 Å². The number of carbonyl (C=O) groups is 1. The van der Waals surface area contributed by atoms with Crippen molar-refractivity contribution in [3.05, 3.63) is 35.9 Å². The first-order valence-corrected chi connectivity index (χ1v) is 7.05. The lowest BCUT2D eigenvalue weighted by atomic mass is 10.1. The monoisotopic (exact) mass is 276 g/mol. The molecule has 108 valence electrons. The van der Waals surface area contributed by atoms with Gasteiger partial charge in [-0.2, -0.15) is 0 Å². The highest BCUT2D eigenvalue weighted by atomic mass is 16.5. The number of ether oxygens (including phenoxy) is 2. The van der Waals surface area contributed by atoms with Crippen LogP contribution in [-0.4, -0.2) is 55.8 Å². The number of benzene rings is 1. The smallest absolute Gasteiger partial charge is 0.248 e. The lowest BCUT2D eigenvalue weighted by molar-refractivity contribution is -0.151. The first kappa shape index (κ1) is 13.5. The Labute approximate surface area is 118 Å². The molecule has 1 N–H and O–H groups in total. The molecule has 2 heterocycles. The van der Waals surface area contributed by atoms with Crippen molar-refractivity contribution in [2.75, 3.05) is 32.9 Å². The molecular formula is C15H20N2O3. The van der Waals surface area contributed by atoms with E-state index in [0.29, 0.717) is 26.4 Å². The Balaban J connectivity index is 1.46. The minimum atomic E-state index is 0.0933. The number of amides is 1. The van der Waals surface area contributed by atoms with Crippen molar-refractivity contribution in [3.63, 3.8) is 0 Å². The first-order chi connectivity index (χ1) is 9.83. The Kier molecular flexibility index (Phi) is 4.30. The molecule has 2 aliphatic heterocycles. The van der Waals surface area contributed by atoms with Gasteiger partial charge in [0.25, 0.3) is 0 Å². The quantitative estimate of drug-likeness (QED) is 0.865. The lowest BCUT2D eigenvalue weighted by Gasteiger charge is -2.42. The van der Waals surface area contributed by atoms with E-state index in [2.05, 4.69) is 17.4 Å². The SMILES string of the molecule is O=C1COC[C@@H]2CN[C@H](COCc3ccccc3)CN12. The van der Waals surface area contributed by atoms with E-state index in [1.54, 1.807) is 0 Å². The number of nitrogens with one attached hydrogen (secondary N) is 1. The predicted molar refractivity (Wildman–Crippen MR) is 74.2 cm³/mol. The molecule has 5 heteroatoms.